The molecule has 0 unspecified atom stereocenters. The van der Waals surface area contributed by atoms with Crippen LogP contribution in [0.1, 0.15) is 17.8 Å². The minimum atomic E-state index is -0.258. The fourth-order valence-corrected chi connectivity index (χ4v) is 4.80. The van der Waals surface area contributed by atoms with Gasteiger partial charge in [0.05, 0.1) is 24.8 Å². The molecule has 0 spiro atoms. The monoisotopic (exact) mass is 433 g/mol. The zero-order chi connectivity index (χ0) is 19.7. The molecule has 1 aromatic carbocycles. The first kappa shape index (κ1) is 19.4. The summed E-state index contributed by atoms with van der Waals surface area (Å²) in [6.45, 7) is 4.27. The van der Waals surface area contributed by atoms with Gasteiger partial charge in [-0.3, -0.25) is 9.69 Å². The molecule has 0 bridgehead atoms. The highest BCUT2D eigenvalue weighted by Crippen LogP contribution is 2.36. The van der Waals surface area contributed by atoms with Gasteiger partial charge < -0.3 is 15.0 Å². The topological polar surface area (TPSA) is 44.8 Å². The van der Waals surface area contributed by atoms with Crippen LogP contribution in [0.15, 0.2) is 53.0 Å². The Morgan fingerprint density at radius 3 is 2.61 bits per heavy atom. The highest BCUT2D eigenvalue weighted by atomic mass is 35.5. The average molecular weight is 434 g/mol. The number of carbonyl (C=O) groups excluding carboxylic acids is 1. The number of ether oxygens (including phenoxy) is 1. The molecule has 1 fully saturated rings. The zero-order valence-corrected chi connectivity index (χ0v) is 17.7. The molecular weight excluding hydrogens is 414 g/mol. The summed E-state index contributed by atoms with van der Waals surface area (Å²) in [5, 5.41) is 6.61. The summed E-state index contributed by atoms with van der Waals surface area (Å²) in [7, 11) is 0. The fourth-order valence-electron chi connectivity index (χ4n) is 3.53. The van der Waals surface area contributed by atoms with Gasteiger partial charge in [-0.05, 0) is 54.9 Å². The van der Waals surface area contributed by atoms with Crippen LogP contribution in [-0.4, -0.2) is 42.2 Å². The number of hydrogen-bond donors (Lipinski definition) is 1. The quantitative estimate of drug-likeness (QED) is 0.742. The van der Waals surface area contributed by atoms with Crippen molar-refractivity contribution in [2.24, 2.45) is 0 Å². The van der Waals surface area contributed by atoms with Gasteiger partial charge in [0, 0.05) is 34.4 Å². The third-order valence-electron chi connectivity index (χ3n) is 4.93. The van der Waals surface area contributed by atoms with E-state index in [0.29, 0.717) is 42.0 Å². The number of thiophene rings is 1. The first-order valence-corrected chi connectivity index (χ1v) is 10.7. The number of nitrogens with zero attached hydrogens (tertiary/aromatic N) is 2. The predicted octanol–water partition coefficient (Wildman–Crippen LogP) is 3.97. The molecule has 2 aliphatic rings. The Hall–Kier alpha value is -1.93. The molecule has 1 aromatic heterocycles. The van der Waals surface area contributed by atoms with Crippen molar-refractivity contribution in [3.8, 4) is 0 Å². The Balaban J connectivity index is 1.79. The summed E-state index contributed by atoms with van der Waals surface area (Å²) in [5.74, 6) is 0.0214. The van der Waals surface area contributed by atoms with Crippen LogP contribution in [0.4, 0.5) is 5.69 Å². The van der Waals surface area contributed by atoms with Crippen molar-refractivity contribution in [1.29, 1.82) is 0 Å². The van der Waals surface area contributed by atoms with Crippen molar-refractivity contribution < 1.29 is 9.53 Å². The van der Waals surface area contributed by atoms with Gasteiger partial charge >= 0.3 is 0 Å². The number of allylic oxidation sites excluding steroid dienone is 1. The van der Waals surface area contributed by atoms with Crippen molar-refractivity contribution in [3.63, 3.8) is 0 Å². The molecule has 4 rings (SSSR count). The van der Waals surface area contributed by atoms with Crippen molar-refractivity contribution in [2.75, 3.05) is 31.2 Å². The SMILES string of the molecule is CC1=C(C(=O)N2CCOCC2)[C@H](c2cccs2)NC(=S)N1c1ccc(Cl)cc1. The predicted molar refractivity (Wildman–Crippen MR) is 117 cm³/mol. The van der Waals surface area contributed by atoms with Crippen LogP contribution in [0.2, 0.25) is 5.02 Å². The van der Waals surface area contributed by atoms with Gasteiger partial charge in [0.15, 0.2) is 5.11 Å². The molecule has 28 heavy (non-hydrogen) atoms. The van der Waals surface area contributed by atoms with Crippen LogP contribution in [0.25, 0.3) is 0 Å². The molecule has 0 aliphatic carbocycles. The minimum absolute atomic E-state index is 0.0214. The molecule has 8 heteroatoms. The third-order valence-corrected chi connectivity index (χ3v) is 6.42. The number of morpholine rings is 1. The first-order chi connectivity index (χ1) is 13.6. The number of carbonyl (C=O) groups is 1. The summed E-state index contributed by atoms with van der Waals surface area (Å²) in [6, 6.07) is 11.2. The lowest BCUT2D eigenvalue weighted by molar-refractivity contribution is -0.131. The number of nitrogens with one attached hydrogen (secondary N) is 1. The first-order valence-electron chi connectivity index (χ1n) is 9.03. The Morgan fingerprint density at radius 2 is 1.96 bits per heavy atom. The normalized spacial score (nSPS) is 20.4. The Labute approximate surface area is 178 Å². The lowest BCUT2D eigenvalue weighted by atomic mass is 9.98. The van der Waals surface area contributed by atoms with E-state index < -0.39 is 0 Å². The van der Waals surface area contributed by atoms with Gasteiger partial charge in [0.25, 0.3) is 5.91 Å². The molecule has 3 heterocycles. The van der Waals surface area contributed by atoms with E-state index in [1.165, 1.54) is 0 Å². The summed E-state index contributed by atoms with van der Waals surface area (Å²) < 4.78 is 5.41. The molecule has 2 aromatic rings. The fraction of sp³-hybridized carbons (Fsp3) is 0.300. The Morgan fingerprint density at radius 1 is 1.25 bits per heavy atom. The summed E-state index contributed by atoms with van der Waals surface area (Å²) >= 11 is 13.3. The number of benzene rings is 1. The van der Waals surface area contributed by atoms with E-state index in [1.807, 2.05) is 58.5 Å². The van der Waals surface area contributed by atoms with Crippen molar-refractivity contribution in [1.82, 2.24) is 10.2 Å². The number of hydrogen-bond acceptors (Lipinski definition) is 4. The van der Waals surface area contributed by atoms with E-state index in [4.69, 9.17) is 28.6 Å². The standard InChI is InChI=1S/C20H20ClN3O2S2/c1-13-17(19(25)23-8-10-26-11-9-23)18(16-3-2-12-28-16)22-20(27)24(13)15-6-4-14(21)5-7-15/h2-7,12,18H,8-11H2,1H3,(H,22,27)/t18-/m0/s1. The van der Waals surface area contributed by atoms with Crippen LogP contribution in [0.5, 0.6) is 0 Å². The molecule has 1 N–H and O–H groups in total. The second kappa shape index (κ2) is 8.21. The van der Waals surface area contributed by atoms with E-state index in [-0.39, 0.29) is 11.9 Å². The number of thiocarbonyl (C=S) groups is 1. The lowest BCUT2D eigenvalue weighted by Crippen LogP contribution is -2.51. The van der Waals surface area contributed by atoms with Gasteiger partial charge in [-0.25, -0.2) is 0 Å². The van der Waals surface area contributed by atoms with Gasteiger partial charge in [0.1, 0.15) is 0 Å². The largest absolute Gasteiger partial charge is 0.378 e. The summed E-state index contributed by atoms with van der Waals surface area (Å²) in [4.78, 5) is 18.3. The Bertz CT molecular complexity index is 906. The van der Waals surface area contributed by atoms with Crippen LogP contribution in [-0.2, 0) is 9.53 Å². The maximum absolute atomic E-state index is 13.5. The molecule has 1 saturated heterocycles. The third kappa shape index (κ3) is 3.67. The highest BCUT2D eigenvalue weighted by Gasteiger charge is 2.37. The maximum atomic E-state index is 13.5. The summed E-state index contributed by atoms with van der Waals surface area (Å²) in [5.41, 5.74) is 2.42. The molecule has 5 nitrogen and oxygen atoms in total. The minimum Gasteiger partial charge on any atom is -0.378 e. The van der Waals surface area contributed by atoms with Crippen LogP contribution in [0, 0.1) is 0 Å². The van der Waals surface area contributed by atoms with E-state index in [2.05, 4.69) is 5.32 Å². The van der Waals surface area contributed by atoms with E-state index in [1.54, 1.807) is 11.3 Å². The van der Waals surface area contributed by atoms with Crippen molar-refractivity contribution >= 4 is 51.9 Å². The number of amides is 1. The van der Waals surface area contributed by atoms with Crippen LogP contribution >= 0.6 is 35.2 Å². The molecule has 146 valence electrons. The van der Waals surface area contributed by atoms with Gasteiger partial charge in [0.2, 0.25) is 0 Å². The molecule has 1 atom stereocenters. The molecular formula is C20H20ClN3O2S2. The van der Waals surface area contributed by atoms with Crippen LogP contribution in [0.3, 0.4) is 0 Å². The van der Waals surface area contributed by atoms with E-state index in [9.17, 15) is 4.79 Å². The number of anilines is 1. The number of halogens is 1. The lowest BCUT2D eigenvalue weighted by Gasteiger charge is -2.39. The maximum Gasteiger partial charge on any atom is 0.254 e. The molecule has 1 amide bonds. The van der Waals surface area contributed by atoms with Gasteiger partial charge in [-0.15, -0.1) is 11.3 Å². The second-order valence-corrected chi connectivity index (χ2v) is 8.42. The molecule has 0 saturated carbocycles. The molecule has 0 radical (unpaired) electrons. The second-order valence-electron chi connectivity index (χ2n) is 6.61. The smallest absolute Gasteiger partial charge is 0.254 e. The van der Waals surface area contributed by atoms with Gasteiger partial charge in [-0.2, -0.15) is 0 Å². The zero-order valence-electron chi connectivity index (χ0n) is 15.4. The van der Waals surface area contributed by atoms with Crippen molar-refractivity contribution in [3.05, 3.63) is 62.9 Å². The molecule has 2 aliphatic heterocycles. The number of rotatable bonds is 3. The Kier molecular flexibility index (Phi) is 5.68. The summed E-state index contributed by atoms with van der Waals surface area (Å²) in [6.07, 6.45) is 0. The van der Waals surface area contributed by atoms with Gasteiger partial charge in [-0.1, -0.05) is 17.7 Å². The highest BCUT2D eigenvalue weighted by molar-refractivity contribution is 7.80. The van der Waals surface area contributed by atoms with Crippen LogP contribution < -0.4 is 10.2 Å². The van der Waals surface area contributed by atoms with E-state index >= 15 is 0 Å². The average Bonchev–Trinajstić information content (AvgIpc) is 3.24. The van der Waals surface area contributed by atoms with Crippen molar-refractivity contribution in [2.45, 2.75) is 13.0 Å². The van der Waals surface area contributed by atoms with E-state index in [0.717, 1.165) is 16.3 Å².